The van der Waals surface area contributed by atoms with Crippen molar-refractivity contribution in [2.24, 2.45) is 12.9 Å². The topological polar surface area (TPSA) is 68.8 Å². The number of hydrazine groups is 1. The highest BCUT2D eigenvalue weighted by molar-refractivity contribution is 7.98. The maximum atomic E-state index is 5.39. The predicted octanol–water partition coefficient (Wildman–Crippen LogP) is -0.318. The van der Waals surface area contributed by atoms with Gasteiger partial charge in [-0.1, -0.05) is 5.21 Å². The minimum atomic E-state index is 0.125. The third-order valence-corrected chi connectivity index (χ3v) is 2.31. The van der Waals surface area contributed by atoms with Gasteiger partial charge in [0.2, 0.25) is 0 Å². The second-order valence-corrected chi connectivity index (χ2v) is 3.37. The Morgan fingerprint density at radius 3 is 3.00 bits per heavy atom. The molecule has 0 aliphatic heterocycles. The van der Waals surface area contributed by atoms with Crippen LogP contribution in [-0.4, -0.2) is 27.0 Å². The second kappa shape index (κ2) is 4.44. The first-order valence-electron chi connectivity index (χ1n) is 3.59. The zero-order valence-corrected chi connectivity index (χ0v) is 8.01. The molecule has 0 amide bonds. The zero-order valence-electron chi connectivity index (χ0n) is 7.19. The molecular weight excluding hydrogens is 174 g/mol. The molecule has 0 aromatic carbocycles. The molecule has 1 atom stereocenters. The van der Waals surface area contributed by atoms with E-state index in [0.29, 0.717) is 0 Å². The molecule has 0 saturated carbocycles. The lowest BCUT2D eigenvalue weighted by Crippen LogP contribution is -2.31. The number of aryl methyl sites for hydroxylation is 1. The Hall–Kier alpha value is -0.590. The smallest absolute Gasteiger partial charge is 0.0775 e. The Morgan fingerprint density at radius 2 is 2.58 bits per heavy atom. The second-order valence-electron chi connectivity index (χ2n) is 2.46. The van der Waals surface area contributed by atoms with Crippen LogP contribution in [0.3, 0.4) is 0 Å². The molecule has 68 valence electrons. The largest absolute Gasteiger partial charge is 0.271 e. The summed E-state index contributed by atoms with van der Waals surface area (Å²) >= 11 is 1.73. The molecule has 12 heavy (non-hydrogen) atoms. The van der Waals surface area contributed by atoms with Crippen LogP contribution < -0.4 is 11.3 Å². The maximum absolute atomic E-state index is 5.39. The van der Waals surface area contributed by atoms with Crippen LogP contribution in [0.2, 0.25) is 0 Å². The number of rotatable bonds is 4. The molecule has 0 saturated heterocycles. The van der Waals surface area contributed by atoms with E-state index in [2.05, 4.69) is 15.7 Å². The third kappa shape index (κ3) is 1.96. The lowest BCUT2D eigenvalue weighted by molar-refractivity contribution is 0.551. The molecule has 0 spiro atoms. The summed E-state index contributed by atoms with van der Waals surface area (Å²) in [6, 6.07) is 0.125. The minimum Gasteiger partial charge on any atom is -0.271 e. The molecule has 5 nitrogen and oxygen atoms in total. The van der Waals surface area contributed by atoms with Crippen LogP contribution in [0, 0.1) is 0 Å². The van der Waals surface area contributed by atoms with Gasteiger partial charge in [0.05, 0.1) is 17.9 Å². The highest BCUT2D eigenvalue weighted by Gasteiger charge is 2.12. The van der Waals surface area contributed by atoms with Gasteiger partial charge < -0.3 is 0 Å². The first kappa shape index (κ1) is 9.50. The molecule has 0 bridgehead atoms. The van der Waals surface area contributed by atoms with Crippen molar-refractivity contribution in [3.05, 3.63) is 11.9 Å². The van der Waals surface area contributed by atoms with Crippen LogP contribution in [0.15, 0.2) is 6.20 Å². The zero-order chi connectivity index (χ0) is 8.97. The van der Waals surface area contributed by atoms with E-state index in [9.17, 15) is 0 Å². The van der Waals surface area contributed by atoms with Gasteiger partial charge in [-0.05, 0) is 6.26 Å². The van der Waals surface area contributed by atoms with Gasteiger partial charge in [0.25, 0.3) is 0 Å². The molecular formula is C6H13N5S. The average molecular weight is 187 g/mol. The molecule has 6 heteroatoms. The third-order valence-electron chi connectivity index (χ3n) is 1.64. The van der Waals surface area contributed by atoms with Crippen LogP contribution in [0.1, 0.15) is 11.7 Å². The van der Waals surface area contributed by atoms with Crippen LogP contribution in [-0.2, 0) is 7.05 Å². The maximum Gasteiger partial charge on any atom is 0.0775 e. The van der Waals surface area contributed by atoms with Crippen molar-refractivity contribution in [1.29, 1.82) is 0 Å². The van der Waals surface area contributed by atoms with E-state index < -0.39 is 0 Å². The summed E-state index contributed by atoms with van der Waals surface area (Å²) in [5, 5.41) is 7.61. The molecule has 1 heterocycles. The fraction of sp³-hybridized carbons (Fsp3) is 0.667. The molecule has 3 N–H and O–H groups in total. The molecule has 0 aliphatic carbocycles. The van der Waals surface area contributed by atoms with Crippen molar-refractivity contribution < 1.29 is 0 Å². The van der Waals surface area contributed by atoms with E-state index in [4.69, 9.17) is 5.84 Å². The van der Waals surface area contributed by atoms with Crippen molar-refractivity contribution >= 4 is 11.8 Å². The van der Waals surface area contributed by atoms with Gasteiger partial charge in [-0.25, -0.2) is 0 Å². The van der Waals surface area contributed by atoms with Crippen molar-refractivity contribution in [1.82, 2.24) is 20.4 Å². The van der Waals surface area contributed by atoms with Crippen molar-refractivity contribution in [3.8, 4) is 0 Å². The van der Waals surface area contributed by atoms with E-state index >= 15 is 0 Å². The number of hydrogen-bond donors (Lipinski definition) is 2. The van der Waals surface area contributed by atoms with Gasteiger partial charge in [0.15, 0.2) is 0 Å². The van der Waals surface area contributed by atoms with Gasteiger partial charge >= 0.3 is 0 Å². The first-order valence-corrected chi connectivity index (χ1v) is 4.98. The Labute approximate surface area is 75.7 Å². The van der Waals surface area contributed by atoms with Crippen molar-refractivity contribution in [2.45, 2.75) is 6.04 Å². The lowest BCUT2D eigenvalue weighted by Gasteiger charge is -2.13. The summed E-state index contributed by atoms with van der Waals surface area (Å²) in [5.74, 6) is 6.30. The number of nitrogens with two attached hydrogens (primary N) is 1. The van der Waals surface area contributed by atoms with Crippen molar-refractivity contribution in [3.63, 3.8) is 0 Å². The van der Waals surface area contributed by atoms with Crippen LogP contribution in [0.25, 0.3) is 0 Å². The Bertz CT molecular complexity index is 236. The predicted molar refractivity (Wildman–Crippen MR) is 49.4 cm³/mol. The molecule has 1 aromatic heterocycles. The van der Waals surface area contributed by atoms with Gasteiger partial charge in [0.1, 0.15) is 0 Å². The number of nitrogens with one attached hydrogen (secondary N) is 1. The van der Waals surface area contributed by atoms with Gasteiger partial charge in [-0.2, -0.15) is 11.8 Å². The standard InChI is InChI=1S/C6H13N5S/c1-11-6(3-8-10-11)5(9-7)4-12-2/h3,5,9H,4,7H2,1-2H3. The molecule has 1 rings (SSSR count). The highest BCUT2D eigenvalue weighted by atomic mass is 32.2. The number of nitrogens with zero attached hydrogens (tertiary/aromatic N) is 3. The van der Waals surface area contributed by atoms with E-state index in [0.717, 1.165) is 11.4 Å². The highest BCUT2D eigenvalue weighted by Crippen LogP contribution is 2.13. The van der Waals surface area contributed by atoms with E-state index in [1.54, 1.807) is 22.6 Å². The van der Waals surface area contributed by atoms with Gasteiger partial charge in [0, 0.05) is 12.8 Å². The summed E-state index contributed by atoms with van der Waals surface area (Å²) in [4.78, 5) is 0. The van der Waals surface area contributed by atoms with Gasteiger partial charge in [-0.15, -0.1) is 5.10 Å². The van der Waals surface area contributed by atoms with Crippen LogP contribution >= 0.6 is 11.8 Å². The van der Waals surface area contributed by atoms with Gasteiger partial charge in [-0.3, -0.25) is 16.0 Å². The van der Waals surface area contributed by atoms with E-state index in [1.165, 1.54) is 0 Å². The Morgan fingerprint density at radius 1 is 1.83 bits per heavy atom. The summed E-state index contributed by atoms with van der Waals surface area (Å²) in [7, 11) is 1.85. The normalized spacial score (nSPS) is 13.2. The summed E-state index contributed by atoms with van der Waals surface area (Å²) < 4.78 is 1.72. The molecule has 0 aliphatic rings. The fourth-order valence-corrected chi connectivity index (χ4v) is 1.60. The van der Waals surface area contributed by atoms with Crippen molar-refractivity contribution in [2.75, 3.05) is 12.0 Å². The summed E-state index contributed by atoms with van der Waals surface area (Å²) in [6.45, 7) is 0. The molecule has 0 fully saturated rings. The monoisotopic (exact) mass is 187 g/mol. The minimum absolute atomic E-state index is 0.125. The molecule has 0 radical (unpaired) electrons. The van der Waals surface area contributed by atoms with E-state index in [-0.39, 0.29) is 6.04 Å². The SMILES string of the molecule is CSCC(NN)c1cnnn1C. The summed E-state index contributed by atoms with van der Waals surface area (Å²) in [6.07, 6.45) is 3.76. The number of hydrogen-bond acceptors (Lipinski definition) is 5. The Balaban J connectivity index is 2.72. The first-order chi connectivity index (χ1) is 5.79. The number of thioether (sulfide) groups is 1. The average Bonchev–Trinajstić information content (AvgIpc) is 2.47. The molecule has 1 unspecified atom stereocenters. The van der Waals surface area contributed by atoms with Crippen LogP contribution in [0.5, 0.6) is 0 Å². The molecule has 1 aromatic rings. The number of aromatic nitrogens is 3. The quantitative estimate of drug-likeness (QED) is 0.499. The van der Waals surface area contributed by atoms with E-state index in [1.807, 2.05) is 13.3 Å². The Kier molecular flexibility index (Phi) is 3.51. The van der Waals surface area contributed by atoms with Crippen LogP contribution in [0.4, 0.5) is 0 Å². The fourth-order valence-electron chi connectivity index (χ4n) is 0.999. The lowest BCUT2D eigenvalue weighted by atomic mass is 10.3. The summed E-state index contributed by atoms with van der Waals surface area (Å²) in [5.41, 5.74) is 3.73.